The van der Waals surface area contributed by atoms with E-state index in [0.29, 0.717) is 12.2 Å². The van der Waals surface area contributed by atoms with Gasteiger partial charge in [-0.25, -0.2) is 0 Å². The van der Waals surface area contributed by atoms with Crippen LogP contribution in [-0.2, 0) is 9.53 Å². The summed E-state index contributed by atoms with van der Waals surface area (Å²) in [5, 5.41) is 8.86. The minimum Gasteiger partial charge on any atom is -0.370 e. The molecule has 1 atom stereocenters. The lowest BCUT2D eigenvalue weighted by Crippen LogP contribution is -2.41. The zero-order valence-electron chi connectivity index (χ0n) is 12.7. The summed E-state index contributed by atoms with van der Waals surface area (Å²) >= 11 is 0. The summed E-state index contributed by atoms with van der Waals surface area (Å²) in [7, 11) is 0. The average molecular weight is 299 g/mol. The molecule has 0 radical (unpaired) electrons. The lowest BCUT2D eigenvalue weighted by Gasteiger charge is -2.25. The van der Waals surface area contributed by atoms with Crippen molar-refractivity contribution in [3.8, 4) is 6.07 Å². The Hall–Kier alpha value is -2.06. The number of benzene rings is 1. The Bertz CT molecular complexity index is 558. The molecule has 0 aliphatic carbocycles. The lowest BCUT2D eigenvalue weighted by molar-refractivity contribution is -0.140. The molecule has 1 amide bonds. The number of hydrogen-bond acceptors (Lipinski definition) is 4. The van der Waals surface area contributed by atoms with E-state index in [0.717, 1.165) is 51.1 Å². The zero-order chi connectivity index (χ0) is 15.4. The summed E-state index contributed by atoms with van der Waals surface area (Å²) in [6.07, 6.45) is 2.58. The van der Waals surface area contributed by atoms with Crippen LogP contribution in [0.3, 0.4) is 0 Å². The number of anilines is 1. The topological polar surface area (TPSA) is 56.6 Å². The third-order valence-corrected chi connectivity index (χ3v) is 4.37. The first kappa shape index (κ1) is 14.9. The number of nitriles is 1. The van der Waals surface area contributed by atoms with Gasteiger partial charge in [0, 0.05) is 38.5 Å². The van der Waals surface area contributed by atoms with Crippen LogP contribution in [-0.4, -0.2) is 49.7 Å². The van der Waals surface area contributed by atoms with Crippen LogP contribution in [0.15, 0.2) is 24.3 Å². The fraction of sp³-hybridized carbons (Fsp3) is 0.529. The van der Waals surface area contributed by atoms with Gasteiger partial charge in [0.05, 0.1) is 11.6 Å². The van der Waals surface area contributed by atoms with Crippen LogP contribution in [0.25, 0.3) is 0 Å². The van der Waals surface area contributed by atoms with Gasteiger partial charge < -0.3 is 14.5 Å². The molecule has 0 N–H and O–H groups in total. The molecule has 0 saturated carbocycles. The second-order valence-corrected chi connectivity index (χ2v) is 5.83. The van der Waals surface area contributed by atoms with Crippen molar-refractivity contribution >= 4 is 11.6 Å². The SMILES string of the molecule is N#Cc1ccc(N2CCCN(C(=O)C3CCCO3)CC2)cc1. The van der Waals surface area contributed by atoms with Crippen molar-refractivity contribution in [3.05, 3.63) is 29.8 Å². The quantitative estimate of drug-likeness (QED) is 0.835. The molecule has 2 fully saturated rings. The maximum absolute atomic E-state index is 12.4. The maximum atomic E-state index is 12.4. The summed E-state index contributed by atoms with van der Waals surface area (Å²) in [6.45, 7) is 4.00. The fourth-order valence-electron chi connectivity index (χ4n) is 3.12. The molecule has 0 spiro atoms. The van der Waals surface area contributed by atoms with Crippen LogP contribution in [0.4, 0.5) is 5.69 Å². The van der Waals surface area contributed by atoms with Gasteiger partial charge in [-0.2, -0.15) is 5.26 Å². The number of carbonyl (C=O) groups excluding carboxylic acids is 1. The predicted octanol–water partition coefficient (Wildman–Crippen LogP) is 1.78. The van der Waals surface area contributed by atoms with E-state index >= 15 is 0 Å². The van der Waals surface area contributed by atoms with Crippen LogP contribution in [0.5, 0.6) is 0 Å². The molecule has 1 unspecified atom stereocenters. The van der Waals surface area contributed by atoms with Crippen molar-refractivity contribution in [2.24, 2.45) is 0 Å². The highest BCUT2D eigenvalue weighted by atomic mass is 16.5. The van der Waals surface area contributed by atoms with Crippen LogP contribution in [0, 0.1) is 11.3 Å². The molecule has 0 aromatic heterocycles. The highest BCUT2D eigenvalue weighted by Gasteiger charge is 2.29. The summed E-state index contributed by atoms with van der Waals surface area (Å²) < 4.78 is 5.51. The first-order chi connectivity index (χ1) is 10.8. The largest absolute Gasteiger partial charge is 0.370 e. The van der Waals surface area contributed by atoms with Gasteiger partial charge in [0.15, 0.2) is 0 Å². The van der Waals surface area contributed by atoms with Crippen molar-refractivity contribution in [2.75, 3.05) is 37.7 Å². The molecule has 116 valence electrons. The number of rotatable bonds is 2. The fourth-order valence-corrected chi connectivity index (χ4v) is 3.12. The Morgan fingerprint density at radius 1 is 1.14 bits per heavy atom. The summed E-state index contributed by atoms with van der Waals surface area (Å²) in [4.78, 5) is 16.7. The zero-order valence-corrected chi connectivity index (χ0v) is 12.7. The Labute approximate surface area is 131 Å². The second kappa shape index (κ2) is 6.80. The molecule has 2 aliphatic rings. The van der Waals surface area contributed by atoms with Crippen molar-refractivity contribution in [2.45, 2.75) is 25.4 Å². The van der Waals surface area contributed by atoms with Crippen LogP contribution in [0.2, 0.25) is 0 Å². The average Bonchev–Trinajstić information content (AvgIpc) is 2.99. The van der Waals surface area contributed by atoms with E-state index < -0.39 is 0 Å². The number of hydrogen-bond donors (Lipinski definition) is 0. The van der Waals surface area contributed by atoms with E-state index in [1.807, 2.05) is 29.2 Å². The highest BCUT2D eigenvalue weighted by Crippen LogP contribution is 2.19. The van der Waals surface area contributed by atoms with E-state index in [1.54, 1.807) is 0 Å². The summed E-state index contributed by atoms with van der Waals surface area (Å²) in [6, 6.07) is 9.79. The van der Waals surface area contributed by atoms with Gasteiger partial charge in [-0.05, 0) is 43.5 Å². The second-order valence-electron chi connectivity index (χ2n) is 5.83. The molecule has 1 aromatic rings. The third-order valence-electron chi connectivity index (χ3n) is 4.37. The third kappa shape index (κ3) is 3.23. The van der Waals surface area contributed by atoms with E-state index in [-0.39, 0.29) is 12.0 Å². The Morgan fingerprint density at radius 2 is 1.95 bits per heavy atom. The Balaban J connectivity index is 1.61. The molecule has 2 heterocycles. The summed E-state index contributed by atoms with van der Waals surface area (Å²) in [5.74, 6) is 0.152. The number of ether oxygens (including phenoxy) is 1. The minimum absolute atomic E-state index is 0.152. The predicted molar refractivity (Wildman–Crippen MR) is 83.5 cm³/mol. The molecule has 5 heteroatoms. The number of amides is 1. The van der Waals surface area contributed by atoms with Crippen molar-refractivity contribution in [1.29, 1.82) is 5.26 Å². The van der Waals surface area contributed by atoms with Crippen molar-refractivity contribution < 1.29 is 9.53 Å². The number of nitrogens with zero attached hydrogens (tertiary/aromatic N) is 3. The normalized spacial score (nSPS) is 22.2. The van der Waals surface area contributed by atoms with Crippen LogP contribution >= 0.6 is 0 Å². The van der Waals surface area contributed by atoms with Gasteiger partial charge in [0.1, 0.15) is 6.10 Å². The standard InChI is InChI=1S/C17H21N3O2/c18-13-14-4-6-15(7-5-14)19-8-2-9-20(11-10-19)17(21)16-3-1-12-22-16/h4-7,16H,1-3,8-12H2. The summed E-state index contributed by atoms with van der Waals surface area (Å²) in [5.41, 5.74) is 1.79. The minimum atomic E-state index is -0.221. The van der Waals surface area contributed by atoms with E-state index in [1.165, 1.54) is 0 Å². The maximum Gasteiger partial charge on any atom is 0.251 e. The molecule has 22 heavy (non-hydrogen) atoms. The number of carbonyl (C=O) groups is 1. The van der Waals surface area contributed by atoms with Gasteiger partial charge in [0.25, 0.3) is 5.91 Å². The molecular weight excluding hydrogens is 278 g/mol. The van der Waals surface area contributed by atoms with E-state index in [9.17, 15) is 4.79 Å². The van der Waals surface area contributed by atoms with Gasteiger partial charge >= 0.3 is 0 Å². The van der Waals surface area contributed by atoms with Gasteiger partial charge in [0.2, 0.25) is 0 Å². The molecule has 1 aromatic carbocycles. The molecular formula is C17H21N3O2. The molecule has 3 rings (SSSR count). The van der Waals surface area contributed by atoms with Crippen molar-refractivity contribution in [3.63, 3.8) is 0 Å². The molecule has 2 saturated heterocycles. The molecule has 5 nitrogen and oxygen atoms in total. The van der Waals surface area contributed by atoms with E-state index in [2.05, 4.69) is 11.0 Å². The first-order valence-corrected chi connectivity index (χ1v) is 7.93. The Morgan fingerprint density at radius 3 is 2.64 bits per heavy atom. The van der Waals surface area contributed by atoms with Crippen LogP contribution in [0.1, 0.15) is 24.8 Å². The van der Waals surface area contributed by atoms with Gasteiger partial charge in [-0.3, -0.25) is 4.79 Å². The molecule has 2 aliphatic heterocycles. The van der Waals surface area contributed by atoms with Crippen LogP contribution < -0.4 is 4.90 Å². The van der Waals surface area contributed by atoms with Gasteiger partial charge in [-0.15, -0.1) is 0 Å². The van der Waals surface area contributed by atoms with Gasteiger partial charge in [-0.1, -0.05) is 0 Å². The Kier molecular flexibility index (Phi) is 4.59. The lowest BCUT2D eigenvalue weighted by atomic mass is 10.2. The first-order valence-electron chi connectivity index (χ1n) is 7.93. The van der Waals surface area contributed by atoms with E-state index in [4.69, 9.17) is 10.00 Å². The highest BCUT2D eigenvalue weighted by molar-refractivity contribution is 5.81. The smallest absolute Gasteiger partial charge is 0.251 e. The monoisotopic (exact) mass is 299 g/mol. The van der Waals surface area contributed by atoms with Crippen molar-refractivity contribution in [1.82, 2.24) is 4.90 Å². The molecule has 0 bridgehead atoms.